The number of anilines is 3. The lowest BCUT2D eigenvalue weighted by molar-refractivity contribution is -0.150. The van der Waals surface area contributed by atoms with Crippen LogP contribution in [0.5, 0.6) is 0 Å². The minimum absolute atomic E-state index is 0.0735. The Labute approximate surface area is 223 Å². The Balaban J connectivity index is 1.29. The fourth-order valence-corrected chi connectivity index (χ4v) is 5.04. The highest BCUT2D eigenvalue weighted by Crippen LogP contribution is 2.27. The zero-order chi connectivity index (χ0) is 27.7. The molecule has 0 radical (unpaired) electrons. The van der Waals surface area contributed by atoms with Crippen LogP contribution in [0.3, 0.4) is 0 Å². The third-order valence-corrected chi connectivity index (χ3v) is 7.06. The Morgan fingerprint density at radius 1 is 1.21 bits per heavy atom. The van der Waals surface area contributed by atoms with E-state index in [0.29, 0.717) is 42.1 Å². The van der Waals surface area contributed by atoms with Crippen LogP contribution >= 0.6 is 0 Å². The van der Waals surface area contributed by atoms with Crippen LogP contribution < -0.4 is 16.0 Å². The average molecular weight is 536 g/mol. The maximum absolute atomic E-state index is 13.3. The Bertz CT molecular complexity index is 1440. The third-order valence-electron chi connectivity index (χ3n) is 7.06. The molecule has 3 aromatic rings. The first-order chi connectivity index (χ1) is 18.8. The first kappa shape index (κ1) is 26.2. The topological polar surface area (TPSA) is 167 Å². The van der Waals surface area contributed by atoms with Crippen LogP contribution in [-0.4, -0.2) is 83.7 Å². The number of hydrogen-bond acceptors (Lipinski definition) is 8. The maximum Gasteiger partial charge on any atom is 0.328 e. The third kappa shape index (κ3) is 5.03. The normalized spacial score (nSPS) is 20.2. The number of nitrogen functional groups attached to an aromatic ring is 1. The Kier molecular flexibility index (Phi) is 7.22. The van der Waals surface area contributed by atoms with Crippen LogP contribution in [0.2, 0.25) is 0 Å². The number of amides is 3. The lowest BCUT2D eigenvalue weighted by Crippen LogP contribution is -2.55. The molecule has 2 aliphatic heterocycles. The van der Waals surface area contributed by atoms with Crippen molar-refractivity contribution in [2.24, 2.45) is 0 Å². The standard InChI is InChI=1S/C27H29N5O7/c1-38-27(37)20-6-3-9-32(20)25(35)15-4-2-5-18(13-15)31-10-11-39-22(26(31)36)21(33)24(34)30-17-7-8-19-16(12-17)14-29-23(19)28/h2,4-5,7-8,12-14,20-22,29,33H,3,6,9-11,28H2,1H3,(H,30,34)/t20-,21+,22+/m0/s1. The van der Waals surface area contributed by atoms with E-state index in [1.165, 1.54) is 16.9 Å². The molecular weight excluding hydrogens is 506 g/mol. The quantitative estimate of drug-likeness (QED) is 0.342. The Morgan fingerprint density at radius 3 is 2.82 bits per heavy atom. The number of benzene rings is 2. The highest BCUT2D eigenvalue weighted by Gasteiger charge is 2.40. The lowest BCUT2D eigenvalue weighted by atomic mass is 10.1. The first-order valence-corrected chi connectivity index (χ1v) is 12.6. The minimum atomic E-state index is -1.78. The number of aromatic nitrogens is 1. The second-order valence-corrected chi connectivity index (χ2v) is 9.45. The zero-order valence-corrected chi connectivity index (χ0v) is 21.3. The highest BCUT2D eigenvalue weighted by molar-refractivity contribution is 6.05. The van der Waals surface area contributed by atoms with Crippen LogP contribution in [0, 0.1) is 0 Å². The summed E-state index contributed by atoms with van der Waals surface area (Å²) in [7, 11) is 1.29. The number of esters is 1. The first-order valence-electron chi connectivity index (χ1n) is 12.6. The molecule has 3 heterocycles. The van der Waals surface area contributed by atoms with Crippen molar-refractivity contribution in [3.05, 3.63) is 54.2 Å². The molecule has 2 aromatic carbocycles. The fraction of sp³-hybridized carbons (Fsp3) is 0.333. The van der Waals surface area contributed by atoms with E-state index in [1.807, 2.05) is 0 Å². The number of hydrogen-bond donors (Lipinski definition) is 4. The van der Waals surface area contributed by atoms with Gasteiger partial charge in [-0.25, -0.2) is 4.79 Å². The van der Waals surface area contributed by atoms with E-state index >= 15 is 0 Å². The van der Waals surface area contributed by atoms with Crippen molar-refractivity contribution in [3.8, 4) is 0 Å². The number of nitrogens with zero attached hydrogens (tertiary/aromatic N) is 2. The van der Waals surface area contributed by atoms with Gasteiger partial charge in [-0.05, 0) is 49.2 Å². The molecule has 0 saturated carbocycles. The van der Waals surface area contributed by atoms with Crippen molar-refractivity contribution in [1.82, 2.24) is 9.88 Å². The summed E-state index contributed by atoms with van der Waals surface area (Å²) in [5, 5.41) is 14.9. The van der Waals surface area contributed by atoms with Crippen LogP contribution in [-0.2, 0) is 23.9 Å². The van der Waals surface area contributed by atoms with Gasteiger partial charge in [0.2, 0.25) is 0 Å². The van der Waals surface area contributed by atoms with E-state index in [1.54, 1.807) is 48.7 Å². The number of aromatic amines is 1. The summed E-state index contributed by atoms with van der Waals surface area (Å²) in [6.45, 7) is 0.665. The average Bonchev–Trinajstić information content (AvgIpc) is 3.59. The summed E-state index contributed by atoms with van der Waals surface area (Å²) in [5.41, 5.74) is 6.99. The molecule has 1 aromatic heterocycles. The Morgan fingerprint density at radius 2 is 2.03 bits per heavy atom. The van der Waals surface area contributed by atoms with Crippen molar-refractivity contribution < 1.29 is 33.8 Å². The molecule has 2 saturated heterocycles. The van der Waals surface area contributed by atoms with E-state index in [0.717, 1.165) is 10.8 Å². The molecule has 2 fully saturated rings. The summed E-state index contributed by atoms with van der Waals surface area (Å²) < 4.78 is 10.3. The van der Waals surface area contributed by atoms with Crippen LogP contribution in [0.1, 0.15) is 23.2 Å². The van der Waals surface area contributed by atoms with Gasteiger partial charge in [-0.2, -0.15) is 0 Å². The minimum Gasteiger partial charge on any atom is -0.467 e. The van der Waals surface area contributed by atoms with Crippen molar-refractivity contribution in [2.45, 2.75) is 31.1 Å². The van der Waals surface area contributed by atoms with Crippen molar-refractivity contribution in [1.29, 1.82) is 0 Å². The van der Waals surface area contributed by atoms with E-state index in [9.17, 15) is 24.3 Å². The maximum atomic E-state index is 13.3. The number of fused-ring (bicyclic) bond motifs is 1. The molecule has 0 bridgehead atoms. The summed E-state index contributed by atoms with van der Waals surface area (Å²) in [4.78, 5) is 57.2. The molecule has 0 spiro atoms. The second-order valence-electron chi connectivity index (χ2n) is 9.45. The summed E-state index contributed by atoms with van der Waals surface area (Å²) in [6, 6.07) is 10.9. The smallest absolute Gasteiger partial charge is 0.328 e. The largest absolute Gasteiger partial charge is 0.467 e. The van der Waals surface area contributed by atoms with Gasteiger partial charge in [-0.15, -0.1) is 0 Å². The number of H-pyrrole nitrogens is 1. The number of methoxy groups -OCH3 is 1. The van der Waals surface area contributed by atoms with Gasteiger partial charge in [0.25, 0.3) is 17.7 Å². The molecule has 0 aliphatic carbocycles. The van der Waals surface area contributed by atoms with Gasteiger partial charge < -0.3 is 40.4 Å². The van der Waals surface area contributed by atoms with Gasteiger partial charge >= 0.3 is 5.97 Å². The monoisotopic (exact) mass is 535 g/mol. The number of morpholine rings is 1. The molecular formula is C27H29N5O7. The van der Waals surface area contributed by atoms with Gasteiger partial charge in [-0.3, -0.25) is 14.4 Å². The van der Waals surface area contributed by atoms with Crippen LogP contribution in [0.25, 0.3) is 10.8 Å². The van der Waals surface area contributed by atoms with E-state index in [-0.39, 0.29) is 19.1 Å². The van der Waals surface area contributed by atoms with E-state index < -0.39 is 36.0 Å². The fourth-order valence-electron chi connectivity index (χ4n) is 5.04. The van der Waals surface area contributed by atoms with Gasteiger partial charge in [0.15, 0.2) is 12.2 Å². The number of nitrogens with one attached hydrogen (secondary N) is 2. The SMILES string of the molecule is COC(=O)[C@@H]1CCCN1C(=O)c1cccc(N2CCO[C@H]([C@@H](O)C(=O)Nc3ccc4c(N)[nH]cc4c3)C2=O)c1. The number of aliphatic hydroxyl groups is 1. The van der Waals surface area contributed by atoms with Crippen molar-refractivity contribution in [2.75, 3.05) is 42.8 Å². The zero-order valence-electron chi connectivity index (χ0n) is 21.3. The van der Waals surface area contributed by atoms with Gasteiger partial charge in [-0.1, -0.05) is 6.07 Å². The molecule has 5 N–H and O–H groups in total. The molecule has 12 nitrogen and oxygen atoms in total. The molecule has 0 unspecified atom stereocenters. The van der Waals surface area contributed by atoms with Gasteiger partial charge in [0.05, 0.1) is 13.7 Å². The summed E-state index contributed by atoms with van der Waals surface area (Å²) in [5.74, 6) is -1.73. The number of ether oxygens (including phenoxy) is 2. The predicted octanol–water partition coefficient (Wildman–Crippen LogP) is 1.26. The van der Waals surface area contributed by atoms with Gasteiger partial charge in [0, 0.05) is 47.0 Å². The number of aliphatic hydroxyl groups excluding tert-OH is 1. The molecule has 2 aliphatic rings. The summed E-state index contributed by atoms with van der Waals surface area (Å²) >= 11 is 0. The molecule has 3 atom stereocenters. The lowest BCUT2D eigenvalue weighted by Gasteiger charge is -2.34. The molecule has 3 amide bonds. The van der Waals surface area contributed by atoms with Gasteiger partial charge in [0.1, 0.15) is 11.9 Å². The van der Waals surface area contributed by atoms with Crippen LogP contribution in [0.15, 0.2) is 48.7 Å². The molecule has 39 heavy (non-hydrogen) atoms. The van der Waals surface area contributed by atoms with Crippen molar-refractivity contribution >= 4 is 51.7 Å². The number of nitrogens with two attached hydrogens (primary N) is 1. The van der Waals surface area contributed by atoms with E-state index in [2.05, 4.69) is 10.3 Å². The highest BCUT2D eigenvalue weighted by atomic mass is 16.5. The summed E-state index contributed by atoms with van der Waals surface area (Å²) in [6.07, 6.45) is -0.313. The Hall–Kier alpha value is -4.42. The number of rotatable bonds is 6. The molecule has 5 rings (SSSR count). The van der Waals surface area contributed by atoms with Crippen molar-refractivity contribution in [3.63, 3.8) is 0 Å². The van der Waals surface area contributed by atoms with E-state index in [4.69, 9.17) is 15.2 Å². The molecule has 204 valence electrons. The number of carbonyl (C=O) groups is 4. The predicted molar refractivity (Wildman–Crippen MR) is 142 cm³/mol. The second kappa shape index (κ2) is 10.8. The number of likely N-dealkylation sites (tertiary alicyclic amines) is 1. The number of carbonyl (C=O) groups excluding carboxylic acids is 4. The molecule has 12 heteroatoms. The van der Waals surface area contributed by atoms with Crippen LogP contribution in [0.4, 0.5) is 17.2 Å².